The second kappa shape index (κ2) is 9.64. The van der Waals surface area contributed by atoms with E-state index in [9.17, 15) is 13.6 Å². The van der Waals surface area contributed by atoms with Gasteiger partial charge in [-0.1, -0.05) is 11.8 Å². The third-order valence-electron chi connectivity index (χ3n) is 2.35. The third kappa shape index (κ3) is 6.82. The molecule has 0 unspecified atom stereocenters. The first kappa shape index (κ1) is 17.8. The molecular formula is C11H17F2N3O4S. The van der Waals surface area contributed by atoms with E-state index in [0.717, 1.165) is 11.8 Å². The first-order valence-electron chi connectivity index (χ1n) is 6.16. The number of aliphatic carboxylic acids is 1. The summed E-state index contributed by atoms with van der Waals surface area (Å²) in [7, 11) is 1.54. The molecule has 0 aromatic carbocycles. The van der Waals surface area contributed by atoms with Gasteiger partial charge in [0.2, 0.25) is 0 Å². The first-order valence-corrected chi connectivity index (χ1v) is 7.14. The van der Waals surface area contributed by atoms with Gasteiger partial charge in [0.1, 0.15) is 12.4 Å². The fourth-order valence-corrected chi connectivity index (χ4v) is 2.18. The summed E-state index contributed by atoms with van der Waals surface area (Å²) in [6.07, 6.45) is -2.19. The van der Waals surface area contributed by atoms with E-state index in [1.807, 2.05) is 0 Å². The van der Waals surface area contributed by atoms with Gasteiger partial charge in [0, 0.05) is 20.1 Å². The summed E-state index contributed by atoms with van der Waals surface area (Å²) >= 11 is 1.04. The van der Waals surface area contributed by atoms with Crippen LogP contribution >= 0.6 is 11.8 Å². The zero-order valence-corrected chi connectivity index (χ0v) is 12.3. The molecule has 0 aliphatic heterocycles. The number of thioether (sulfide) groups is 1. The van der Waals surface area contributed by atoms with Gasteiger partial charge in [-0.05, 0) is 0 Å². The molecule has 1 aromatic rings. The highest BCUT2D eigenvalue weighted by Gasteiger charge is 2.14. The summed E-state index contributed by atoms with van der Waals surface area (Å²) in [5.41, 5.74) is 0. The molecule has 1 rings (SSSR count). The number of aromatic nitrogens is 3. The number of carboxylic acids is 1. The lowest BCUT2D eigenvalue weighted by atomic mass is 10.4. The van der Waals surface area contributed by atoms with Crippen molar-refractivity contribution in [2.75, 3.05) is 32.7 Å². The lowest BCUT2D eigenvalue weighted by Gasteiger charge is -2.09. The van der Waals surface area contributed by atoms with Gasteiger partial charge >= 0.3 is 5.97 Å². The van der Waals surface area contributed by atoms with Crippen LogP contribution < -0.4 is 0 Å². The van der Waals surface area contributed by atoms with Crippen LogP contribution in [0.2, 0.25) is 0 Å². The van der Waals surface area contributed by atoms with Crippen molar-refractivity contribution in [2.24, 2.45) is 0 Å². The van der Waals surface area contributed by atoms with Crippen molar-refractivity contribution < 1.29 is 28.2 Å². The van der Waals surface area contributed by atoms with Gasteiger partial charge in [-0.2, -0.15) is 0 Å². The van der Waals surface area contributed by atoms with Crippen molar-refractivity contribution >= 4 is 17.7 Å². The van der Waals surface area contributed by atoms with Crippen molar-refractivity contribution in [3.05, 3.63) is 5.82 Å². The summed E-state index contributed by atoms with van der Waals surface area (Å²) in [4.78, 5) is 10.6. The van der Waals surface area contributed by atoms with Crippen molar-refractivity contribution in [1.29, 1.82) is 0 Å². The number of alkyl halides is 2. The zero-order chi connectivity index (χ0) is 15.7. The fraction of sp³-hybridized carbons (Fsp3) is 0.727. The molecule has 7 nitrogen and oxygen atoms in total. The standard InChI is InChI=1S/C11H17F2N3O4S/c1-19-5-3-16-9(2-4-20-6-8(12)13)14-15-11(16)21-7-10(17)18/h8H,2-7H2,1H3,(H,17,18). The molecular weight excluding hydrogens is 308 g/mol. The molecule has 1 heterocycles. The van der Waals surface area contributed by atoms with Crippen molar-refractivity contribution in [2.45, 2.75) is 24.5 Å². The van der Waals surface area contributed by atoms with Gasteiger partial charge in [-0.15, -0.1) is 10.2 Å². The van der Waals surface area contributed by atoms with E-state index in [2.05, 4.69) is 10.2 Å². The van der Waals surface area contributed by atoms with Crippen molar-refractivity contribution in [3.63, 3.8) is 0 Å². The molecule has 0 aliphatic carbocycles. The van der Waals surface area contributed by atoms with Gasteiger partial charge in [0.15, 0.2) is 5.16 Å². The maximum atomic E-state index is 12.0. The van der Waals surface area contributed by atoms with E-state index < -0.39 is 19.0 Å². The second-order valence-corrected chi connectivity index (χ2v) is 4.88. The van der Waals surface area contributed by atoms with E-state index in [-0.39, 0.29) is 12.4 Å². The Morgan fingerprint density at radius 2 is 2.19 bits per heavy atom. The lowest BCUT2D eigenvalue weighted by Crippen LogP contribution is -2.13. The summed E-state index contributed by atoms with van der Waals surface area (Å²) in [6.45, 7) is 0.338. The molecule has 1 N–H and O–H groups in total. The highest BCUT2D eigenvalue weighted by Crippen LogP contribution is 2.17. The molecule has 0 saturated heterocycles. The van der Waals surface area contributed by atoms with Gasteiger partial charge in [-0.3, -0.25) is 4.79 Å². The minimum absolute atomic E-state index is 0.0963. The van der Waals surface area contributed by atoms with Crippen molar-refractivity contribution in [3.8, 4) is 0 Å². The predicted octanol–water partition coefficient (Wildman–Crippen LogP) is 0.925. The van der Waals surface area contributed by atoms with Crippen molar-refractivity contribution in [1.82, 2.24) is 14.8 Å². The van der Waals surface area contributed by atoms with Gasteiger partial charge in [-0.25, -0.2) is 8.78 Å². The highest BCUT2D eigenvalue weighted by molar-refractivity contribution is 7.99. The molecule has 21 heavy (non-hydrogen) atoms. The number of rotatable bonds is 11. The van der Waals surface area contributed by atoms with Crippen LogP contribution in [0, 0.1) is 0 Å². The molecule has 0 aliphatic rings. The fourth-order valence-electron chi connectivity index (χ4n) is 1.48. The molecule has 0 spiro atoms. The van der Waals surface area contributed by atoms with Gasteiger partial charge in [0.25, 0.3) is 6.43 Å². The normalized spacial score (nSPS) is 11.2. The number of carbonyl (C=O) groups is 1. The van der Waals surface area contributed by atoms with E-state index in [0.29, 0.717) is 30.6 Å². The number of ether oxygens (including phenoxy) is 2. The van der Waals surface area contributed by atoms with Crippen LogP contribution in [-0.2, 0) is 27.2 Å². The molecule has 0 saturated carbocycles. The number of hydrogen-bond acceptors (Lipinski definition) is 6. The maximum Gasteiger partial charge on any atom is 0.313 e. The number of halogens is 2. The Labute approximate surface area is 124 Å². The molecule has 0 fully saturated rings. The zero-order valence-electron chi connectivity index (χ0n) is 11.5. The SMILES string of the molecule is COCCn1c(CCOCC(F)F)nnc1SCC(=O)O. The summed E-state index contributed by atoms with van der Waals surface area (Å²) in [5.74, 6) is -0.537. The van der Waals surface area contributed by atoms with Crippen LogP contribution in [0.5, 0.6) is 0 Å². The smallest absolute Gasteiger partial charge is 0.313 e. The molecule has 120 valence electrons. The quantitative estimate of drug-likeness (QED) is 0.478. The Morgan fingerprint density at radius 3 is 2.81 bits per heavy atom. The van der Waals surface area contributed by atoms with Crippen LogP contribution in [0.4, 0.5) is 8.78 Å². The average molecular weight is 325 g/mol. The molecule has 0 radical (unpaired) electrons. The minimum Gasteiger partial charge on any atom is -0.481 e. The highest BCUT2D eigenvalue weighted by atomic mass is 32.2. The molecule has 0 amide bonds. The van der Waals surface area contributed by atoms with E-state index in [1.165, 1.54) is 0 Å². The molecule has 0 bridgehead atoms. The largest absolute Gasteiger partial charge is 0.481 e. The van der Waals surface area contributed by atoms with E-state index in [4.69, 9.17) is 14.6 Å². The Bertz CT molecular complexity index is 445. The Kier molecular flexibility index (Phi) is 8.16. The Morgan fingerprint density at radius 1 is 1.43 bits per heavy atom. The monoisotopic (exact) mass is 325 g/mol. The van der Waals surface area contributed by atoms with Crippen LogP contribution in [-0.4, -0.2) is 64.9 Å². The first-order chi connectivity index (χ1) is 10.0. The molecule has 10 heteroatoms. The van der Waals surface area contributed by atoms with E-state index >= 15 is 0 Å². The van der Waals surface area contributed by atoms with Crippen LogP contribution in [0.25, 0.3) is 0 Å². The number of nitrogens with zero attached hydrogens (tertiary/aromatic N) is 3. The molecule has 0 atom stereocenters. The second-order valence-electron chi connectivity index (χ2n) is 3.94. The number of carboxylic acid groups (broad SMARTS) is 1. The summed E-state index contributed by atoms with van der Waals surface area (Å²) in [6, 6.07) is 0. The molecule has 1 aromatic heterocycles. The van der Waals surface area contributed by atoms with Crippen LogP contribution in [0.1, 0.15) is 5.82 Å². The lowest BCUT2D eigenvalue weighted by molar-refractivity contribution is -0.133. The Balaban J connectivity index is 2.61. The Hall–Kier alpha value is -1.26. The van der Waals surface area contributed by atoms with Crippen LogP contribution in [0.15, 0.2) is 5.16 Å². The maximum absolute atomic E-state index is 12.0. The topological polar surface area (TPSA) is 86.5 Å². The minimum atomic E-state index is -2.50. The number of methoxy groups -OCH3 is 1. The summed E-state index contributed by atoms with van der Waals surface area (Å²) < 4.78 is 35.4. The third-order valence-corrected chi connectivity index (χ3v) is 3.30. The average Bonchev–Trinajstić information content (AvgIpc) is 2.81. The predicted molar refractivity (Wildman–Crippen MR) is 70.8 cm³/mol. The van der Waals surface area contributed by atoms with Gasteiger partial charge in [0.05, 0.1) is 19.0 Å². The van der Waals surface area contributed by atoms with E-state index in [1.54, 1.807) is 11.7 Å². The van der Waals surface area contributed by atoms with Gasteiger partial charge < -0.3 is 19.1 Å². The van der Waals surface area contributed by atoms with Crippen LogP contribution in [0.3, 0.4) is 0 Å². The summed E-state index contributed by atoms with van der Waals surface area (Å²) in [5, 5.41) is 17.0. The number of hydrogen-bond donors (Lipinski definition) is 1.